The largest absolute Gasteiger partial charge is 0.254 e. The van der Waals surface area contributed by atoms with Gasteiger partial charge in [0.1, 0.15) is 0 Å². The molecule has 0 atom stereocenters. The zero-order valence-corrected chi connectivity index (χ0v) is 17.0. The van der Waals surface area contributed by atoms with Gasteiger partial charge in [0.15, 0.2) is 0 Å². The summed E-state index contributed by atoms with van der Waals surface area (Å²) in [6.07, 6.45) is 26.7. The van der Waals surface area contributed by atoms with Crippen molar-refractivity contribution in [1.82, 2.24) is 9.97 Å². The number of fused-ring (bicyclic) bond motifs is 18. The SMILES string of the molecule is C1CCCCCc2nc3c(nc2CCCCCCCCCC3)CCCC1. The smallest absolute Gasteiger partial charge is 0.0622 e. The third kappa shape index (κ3) is 6.67. The summed E-state index contributed by atoms with van der Waals surface area (Å²) in [5.41, 5.74) is 5.44. The topological polar surface area (TPSA) is 25.8 Å². The molecule has 4 bridgehead atoms. The Morgan fingerprint density at radius 2 is 0.462 bits per heavy atom. The Morgan fingerprint density at radius 1 is 0.269 bits per heavy atom. The first-order valence-electron chi connectivity index (χ1n) is 11.8. The first-order valence-corrected chi connectivity index (χ1v) is 11.8. The number of hydrogen-bond donors (Lipinski definition) is 0. The van der Waals surface area contributed by atoms with E-state index in [2.05, 4.69) is 0 Å². The Kier molecular flexibility index (Phi) is 8.94. The molecule has 0 spiro atoms. The Bertz CT molecular complexity index is 433. The van der Waals surface area contributed by atoms with Crippen molar-refractivity contribution in [3.63, 3.8) is 0 Å². The van der Waals surface area contributed by atoms with Crippen molar-refractivity contribution >= 4 is 0 Å². The van der Waals surface area contributed by atoms with Crippen molar-refractivity contribution < 1.29 is 0 Å². The molecule has 146 valence electrons. The van der Waals surface area contributed by atoms with Crippen LogP contribution in [-0.2, 0) is 25.7 Å². The first-order chi connectivity index (χ1) is 12.9. The van der Waals surface area contributed by atoms with Gasteiger partial charge in [-0.1, -0.05) is 77.0 Å². The Hall–Kier alpha value is -0.920. The average Bonchev–Trinajstić information content (AvgIpc) is 2.66. The fourth-order valence-electron chi connectivity index (χ4n) is 4.68. The molecule has 0 saturated carbocycles. The van der Waals surface area contributed by atoms with E-state index in [0.717, 1.165) is 25.7 Å². The number of aromatic nitrogens is 2. The fourth-order valence-corrected chi connectivity index (χ4v) is 4.68. The van der Waals surface area contributed by atoms with Crippen molar-refractivity contribution in [2.45, 2.75) is 128 Å². The highest BCUT2D eigenvalue weighted by Gasteiger charge is 2.14. The molecule has 1 aromatic rings. The van der Waals surface area contributed by atoms with Gasteiger partial charge in [-0.05, 0) is 51.4 Å². The summed E-state index contributed by atoms with van der Waals surface area (Å²) in [7, 11) is 0. The van der Waals surface area contributed by atoms with Crippen molar-refractivity contribution in [2.24, 2.45) is 0 Å². The number of rotatable bonds is 0. The monoisotopic (exact) mass is 356 g/mol. The molecule has 5 rings (SSSR count). The highest BCUT2D eigenvalue weighted by atomic mass is 14.8. The Morgan fingerprint density at radius 3 is 0.692 bits per heavy atom. The maximum atomic E-state index is 5.25. The van der Waals surface area contributed by atoms with Gasteiger partial charge >= 0.3 is 0 Å². The summed E-state index contributed by atoms with van der Waals surface area (Å²) < 4.78 is 0. The van der Waals surface area contributed by atoms with Crippen LogP contribution in [0.3, 0.4) is 0 Å². The molecule has 0 radical (unpaired) electrons. The van der Waals surface area contributed by atoms with Crippen LogP contribution in [0.1, 0.15) is 126 Å². The van der Waals surface area contributed by atoms with Crippen LogP contribution in [0.4, 0.5) is 0 Å². The van der Waals surface area contributed by atoms with Crippen molar-refractivity contribution in [2.75, 3.05) is 0 Å². The Labute approximate surface area is 161 Å². The second kappa shape index (κ2) is 11.7. The van der Waals surface area contributed by atoms with E-state index < -0.39 is 0 Å². The quantitative estimate of drug-likeness (QED) is 0.504. The molecule has 26 heavy (non-hydrogen) atoms. The molecule has 2 heteroatoms. The first kappa shape index (κ1) is 19.8. The zero-order chi connectivity index (χ0) is 17.9. The minimum atomic E-state index is 1.16. The second-order valence-electron chi connectivity index (χ2n) is 8.67. The van der Waals surface area contributed by atoms with E-state index >= 15 is 0 Å². The molecule has 1 aromatic heterocycles. The average molecular weight is 357 g/mol. The summed E-state index contributed by atoms with van der Waals surface area (Å²) >= 11 is 0. The van der Waals surface area contributed by atoms with Gasteiger partial charge in [0.05, 0.1) is 22.8 Å². The second-order valence-corrected chi connectivity index (χ2v) is 8.67. The van der Waals surface area contributed by atoms with Gasteiger partial charge in [0.2, 0.25) is 0 Å². The summed E-state index contributed by atoms with van der Waals surface area (Å²) in [6.45, 7) is 0. The molecule has 0 fully saturated rings. The number of aryl methyl sites for hydroxylation is 4. The standard InChI is InChI=1S/C24H40N2/c1-2-6-10-14-18-22-24-20-16-12-8-4-3-7-11-15-19-23(26-22)21(25-24)17-13-9-5-1/h1-20H2. The highest BCUT2D eigenvalue weighted by molar-refractivity contribution is 5.22. The van der Waals surface area contributed by atoms with E-state index in [1.807, 2.05) is 0 Å². The van der Waals surface area contributed by atoms with Gasteiger partial charge < -0.3 is 0 Å². The molecule has 0 aromatic carbocycles. The van der Waals surface area contributed by atoms with Crippen LogP contribution >= 0.6 is 0 Å². The summed E-state index contributed by atoms with van der Waals surface area (Å²) in [5, 5.41) is 0. The summed E-state index contributed by atoms with van der Waals surface area (Å²) in [6, 6.07) is 0. The van der Waals surface area contributed by atoms with Gasteiger partial charge in [0.25, 0.3) is 0 Å². The van der Waals surface area contributed by atoms with Crippen LogP contribution < -0.4 is 0 Å². The predicted molar refractivity (Wildman–Crippen MR) is 111 cm³/mol. The van der Waals surface area contributed by atoms with Gasteiger partial charge in [-0.15, -0.1) is 0 Å². The minimum absolute atomic E-state index is 1.16. The molecule has 5 heterocycles. The van der Waals surface area contributed by atoms with Gasteiger partial charge in [-0.2, -0.15) is 0 Å². The van der Waals surface area contributed by atoms with E-state index in [-0.39, 0.29) is 0 Å². The summed E-state index contributed by atoms with van der Waals surface area (Å²) in [4.78, 5) is 10.5. The van der Waals surface area contributed by atoms with Crippen LogP contribution in [0.25, 0.3) is 0 Å². The van der Waals surface area contributed by atoms with E-state index in [0.29, 0.717) is 0 Å². The molecule has 0 N–H and O–H groups in total. The van der Waals surface area contributed by atoms with Gasteiger partial charge in [0, 0.05) is 0 Å². The molecule has 4 aliphatic heterocycles. The van der Waals surface area contributed by atoms with Crippen LogP contribution in [-0.4, -0.2) is 9.97 Å². The van der Waals surface area contributed by atoms with E-state index in [4.69, 9.17) is 9.97 Å². The maximum Gasteiger partial charge on any atom is 0.0622 e. The number of nitrogens with zero attached hydrogens (tertiary/aromatic N) is 2. The van der Waals surface area contributed by atoms with Crippen molar-refractivity contribution in [3.05, 3.63) is 22.8 Å². The maximum absolute atomic E-state index is 5.25. The Balaban J connectivity index is 1.81. The third-order valence-electron chi connectivity index (χ3n) is 6.36. The van der Waals surface area contributed by atoms with Gasteiger partial charge in [-0.25, -0.2) is 0 Å². The van der Waals surface area contributed by atoms with Crippen LogP contribution in [0, 0.1) is 0 Å². The molecule has 4 aliphatic rings. The molecule has 0 saturated heterocycles. The van der Waals surface area contributed by atoms with Gasteiger partial charge in [-0.3, -0.25) is 9.97 Å². The minimum Gasteiger partial charge on any atom is -0.254 e. The lowest BCUT2D eigenvalue weighted by molar-refractivity contribution is 0.541. The lowest BCUT2D eigenvalue weighted by Crippen LogP contribution is -2.11. The zero-order valence-electron chi connectivity index (χ0n) is 17.0. The van der Waals surface area contributed by atoms with E-state index in [9.17, 15) is 0 Å². The van der Waals surface area contributed by atoms with Crippen LogP contribution in [0.5, 0.6) is 0 Å². The van der Waals surface area contributed by atoms with E-state index in [1.165, 1.54) is 126 Å². The molecular formula is C24H40N2. The van der Waals surface area contributed by atoms with Crippen LogP contribution in [0.15, 0.2) is 0 Å². The lowest BCUT2D eigenvalue weighted by atomic mass is 9.98. The predicted octanol–water partition coefficient (Wildman–Crippen LogP) is 6.92. The van der Waals surface area contributed by atoms with Crippen LogP contribution in [0.2, 0.25) is 0 Å². The molecule has 2 nitrogen and oxygen atoms in total. The lowest BCUT2D eigenvalue weighted by Gasteiger charge is -2.16. The molecular weight excluding hydrogens is 316 g/mol. The third-order valence-corrected chi connectivity index (χ3v) is 6.36. The normalized spacial score (nSPS) is 21.8. The molecule has 0 unspecified atom stereocenters. The number of hydrogen-bond acceptors (Lipinski definition) is 2. The van der Waals surface area contributed by atoms with Crippen molar-refractivity contribution in [1.29, 1.82) is 0 Å². The summed E-state index contributed by atoms with van der Waals surface area (Å²) in [5.74, 6) is 0. The van der Waals surface area contributed by atoms with E-state index in [1.54, 1.807) is 0 Å². The molecule has 0 aliphatic carbocycles. The van der Waals surface area contributed by atoms with Crippen molar-refractivity contribution in [3.8, 4) is 0 Å². The molecule has 0 amide bonds. The highest BCUT2D eigenvalue weighted by Crippen LogP contribution is 2.22. The fraction of sp³-hybridized carbons (Fsp3) is 0.833.